The van der Waals surface area contributed by atoms with Gasteiger partial charge in [0.15, 0.2) is 5.41 Å². The summed E-state index contributed by atoms with van der Waals surface area (Å²) in [6.45, 7) is 6.03. The smallest absolute Gasteiger partial charge is 0.180 e. The molecule has 0 aliphatic carbocycles. The Labute approximate surface area is 86.2 Å². The van der Waals surface area contributed by atoms with Crippen molar-refractivity contribution in [3.8, 4) is 11.8 Å². The minimum atomic E-state index is -1.73. The average molecular weight is 202 g/mol. The van der Waals surface area contributed by atoms with E-state index in [0.717, 1.165) is 5.56 Å². The molecule has 0 aliphatic rings. The van der Waals surface area contributed by atoms with E-state index in [4.69, 9.17) is 0 Å². The van der Waals surface area contributed by atoms with Gasteiger partial charge in [0.05, 0.1) is 0 Å². The zero-order chi connectivity index (χ0) is 10.6. The molecule has 2 heteroatoms. The minimum absolute atomic E-state index is 0.112. The molecule has 0 aromatic heterocycles. The van der Waals surface area contributed by atoms with Gasteiger partial charge in [-0.3, -0.25) is 4.79 Å². The number of hydrogen-bond donors (Lipinski definition) is 0. The maximum atomic E-state index is 11.5. The summed E-state index contributed by atoms with van der Waals surface area (Å²) >= 11 is 0. The largest absolute Gasteiger partial charge is 0.291 e. The van der Waals surface area contributed by atoms with Crippen molar-refractivity contribution >= 4 is 13.5 Å². The van der Waals surface area contributed by atoms with Crippen LogP contribution in [-0.4, -0.2) is 13.5 Å². The number of carbonyl (C=O) groups is 1. The molecule has 0 atom stereocenters. The van der Waals surface area contributed by atoms with Crippen LogP contribution in [0.5, 0.6) is 0 Å². The van der Waals surface area contributed by atoms with Gasteiger partial charge in [0.1, 0.15) is 8.07 Å². The number of benzene rings is 1. The first-order chi connectivity index (χ1) is 6.50. The Kier molecular flexibility index (Phi) is 3.26. The normalized spacial score (nSPS) is 10.2. The molecule has 0 saturated carbocycles. The van der Waals surface area contributed by atoms with Crippen molar-refractivity contribution in [3.63, 3.8) is 0 Å². The zero-order valence-electron chi connectivity index (χ0n) is 8.79. The van der Waals surface area contributed by atoms with E-state index >= 15 is 0 Å². The molecule has 0 amide bonds. The fourth-order valence-electron chi connectivity index (χ4n) is 0.838. The Balaban J connectivity index is 2.80. The summed E-state index contributed by atoms with van der Waals surface area (Å²) in [6.07, 6.45) is 0. The van der Waals surface area contributed by atoms with Crippen molar-refractivity contribution < 1.29 is 4.79 Å². The van der Waals surface area contributed by atoms with Gasteiger partial charge in [0, 0.05) is 5.56 Å². The monoisotopic (exact) mass is 202 g/mol. The number of rotatable bonds is 1. The molecule has 0 heterocycles. The average Bonchev–Trinajstić information content (AvgIpc) is 2.14. The molecule has 0 spiro atoms. The van der Waals surface area contributed by atoms with E-state index in [1.54, 1.807) is 0 Å². The highest BCUT2D eigenvalue weighted by molar-refractivity contribution is 7.05. The first kappa shape index (κ1) is 10.7. The summed E-state index contributed by atoms with van der Waals surface area (Å²) in [4.78, 5) is 11.5. The SMILES string of the molecule is C[Si](C)(C)C(=O)C#Cc1ccccc1. The fourth-order valence-corrected chi connectivity index (χ4v) is 1.28. The molecule has 1 aromatic rings. The molecular formula is C12H14OSi. The van der Waals surface area contributed by atoms with Gasteiger partial charge in [-0.2, -0.15) is 0 Å². The lowest BCUT2D eigenvalue weighted by atomic mass is 10.2. The van der Waals surface area contributed by atoms with Crippen LogP contribution in [0.15, 0.2) is 30.3 Å². The molecular weight excluding hydrogens is 188 g/mol. The fraction of sp³-hybridized carbons (Fsp3) is 0.250. The molecule has 14 heavy (non-hydrogen) atoms. The van der Waals surface area contributed by atoms with Crippen molar-refractivity contribution in [1.82, 2.24) is 0 Å². The maximum absolute atomic E-state index is 11.5. The molecule has 1 aromatic carbocycles. The Bertz CT molecular complexity index is 376. The Morgan fingerprint density at radius 1 is 1.14 bits per heavy atom. The molecule has 1 rings (SSSR count). The van der Waals surface area contributed by atoms with E-state index < -0.39 is 8.07 Å². The third-order valence-corrected chi connectivity index (χ3v) is 3.26. The van der Waals surface area contributed by atoms with Crippen molar-refractivity contribution in [2.45, 2.75) is 19.6 Å². The highest BCUT2D eigenvalue weighted by Crippen LogP contribution is 2.01. The van der Waals surface area contributed by atoms with Crippen LogP contribution in [0.4, 0.5) is 0 Å². The third-order valence-electron chi connectivity index (χ3n) is 1.78. The molecule has 72 valence electrons. The second kappa shape index (κ2) is 4.25. The van der Waals surface area contributed by atoms with Crippen molar-refractivity contribution in [2.24, 2.45) is 0 Å². The Morgan fingerprint density at radius 2 is 1.71 bits per heavy atom. The lowest BCUT2D eigenvalue weighted by molar-refractivity contribution is -0.107. The summed E-state index contributed by atoms with van der Waals surface area (Å²) in [5.41, 5.74) is 0.902. The summed E-state index contributed by atoms with van der Waals surface area (Å²) in [7, 11) is -1.73. The van der Waals surface area contributed by atoms with Crippen LogP contribution in [-0.2, 0) is 4.79 Å². The Morgan fingerprint density at radius 3 is 2.21 bits per heavy atom. The van der Waals surface area contributed by atoms with E-state index in [2.05, 4.69) is 11.8 Å². The van der Waals surface area contributed by atoms with Gasteiger partial charge in [-0.15, -0.1) is 0 Å². The second-order valence-corrected chi connectivity index (χ2v) is 9.15. The van der Waals surface area contributed by atoms with Crippen LogP contribution < -0.4 is 0 Å². The molecule has 0 fully saturated rings. The van der Waals surface area contributed by atoms with Gasteiger partial charge < -0.3 is 0 Å². The van der Waals surface area contributed by atoms with Crippen molar-refractivity contribution in [1.29, 1.82) is 0 Å². The lowest BCUT2D eigenvalue weighted by Crippen LogP contribution is -2.31. The van der Waals surface area contributed by atoms with Crippen LogP contribution >= 0.6 is 0 Å². The van der Waals surface area contributed by atoms with Gasteiger partial charge >= 0.3 is 0 Å². The molecule has 0 aliphatic heterocycles. The summed E-state index contributed by atoms with van der Waals surface area (Å²) in [6, 6.07) is 9.59. The van der Waals surface area contributed by atoms with E-state index in [9.17, 15) is 4.79 Å². The molecule has 0 saturated heterocycles. The van der Waals surface area contributed by atoms with Gasteiger partial charge in [-0.05, 0) is 18.1 Å². The lowest BCUT2D eigenvalue weighted by Gasteiger charge is -2.07. The molecule has 0 N–H and O–H groups in total. The summed E-state index contributed by atoms with van der Waals surface area (Å²) in [5.74, 6) is 5.60. The van der Waals surface area contributed by atoms with Crippen LogP contribution in [0.1, 0.15) is 5.56 Å². The highest BCUT2D eigenvalue weighted by atomic mass is 28.3. The summed E-state index contributed by atoms with van der Waals surface area (Å²) < 4.78 is 0. The molecule has 0 unspecified atom stereocenters. The predicted molar refractivity (Wildman–Crippen MR) is 61.7 cm³/mol. The van der Waals surface area contributed by atoms with Crippen molar-refractivity contribution in [3.05, 3.63) is 35.9 Å². The molecule has 0 bridgehead atoms. The van der Waals surface area contributed by atoms with Gasteiger partial charge in [0.2, 0.25) is 0 Å². The Hall–Kier alpha value is -1.33. The molecule has 0 radical (unpaired) electrons. The number of hydrogen-bond acceptors (Lipinski definition) is 1. The topological polar surface area (TPSA) is 17.1 Å². The van der Waals surface area contributed by atoms with E-state index in [0.29, 0.717) is 0 Å². The standard InChI is InChI=1S/C12H14OSi/c1-14(2,3)12(13)10-9-11-7-5-4-6-8-11/h4-8H,1-3H3. The first-order valence-electron chi connectivity index (χ1n) is 4.61. The first-order valence-corrected chi connectivity index (χ1v) is 8.11. The van der Waals surface area contributed by atoms with E-state index in [1.165, 1.54) is 0 Å². The maximum Gasteiger partial charge on any atom is 0.180 e. The van der Waals surface area contributed by atoms with Crippen LogP contribution in [0, 0.1) is 11.8 Å². The van der Waals surface area contributed by atoms with Crippen LogP contribution in [0.25, 0.3) is 0 Å². The number of carbonyl (C=O) groups excluding carboxylic acids is 1. The van der Waals surface area contributed by atoms with Gasteiger partial charge in [0.25, 0.3) is 0 Å². The predicted octanol–water partition coefficient (Wildman–Crippen LogP) is 2.48. The third kappa shape index (κ3) is 3.19. The highest BCUT2D eigenvalue weighted by Gasteiger charge is 2.21. The van der Waals surface area contributed by atoms with Gasteiger partial charge in [-0.1, -0.05) is 43.8 Å². The van der Waals surface area contributed by atoms with Gasteiger partial charge in [-0.25, -0.2) is 0 Å². The summed E-state index contributed by atoms with van der Waals surface area (Å²) in [5, 5.41) is 0.112. The second-order valence-electron chi connectivity index (χ2n) is 4.20. The van der Waals surface area contributed by atoms with E-state index in [-0.39, 0.29) is 5.41 Å². The van der Waals surface area contributed by atoms with Crippen molar-refractivity contribution in [2.75, 3.05) is 0 Å². The van der Waals surface area contributed by atoms with E-state index in [1.807, 2.05) is 50.0 Å². The molecule has 1 nitrogen and oxygen atoms in total. The van der Waals surface area contributed by atoms with Crippen LogP contribution in [0.2, 0.25) is 19.6 Å². The van der Waals surface area contributed by atoms with Crippen LogP contribution in [0.3, 0.4) is 0 Å². The minimum Gasteiger partial charge on any atom is -0.291 e. The zero-order valence-corrected chi connectivity index (χ0v) is 9.79. The quantitative estimate of drug-likeness (QED) is 0.505.